The van der Waals surface area contributed by atoms with E-state index < -0.39 is 12.1 Å². The minimum atomic E-state index is -0.688. The maximum Gasteiger partial charge on any atom is 0.240 e. The number of nitrogens with two attached hydrogens (primary N) is 2. The van der Waals surface area contributed by atoms with Crippen molar-refractivity contribution in [1.29, 1.82) is 0 Å². The molecule has 2 unspecified atom stereocenters. The number of hydrogen-bond donors (Lipinski definition) is 3. The van der Waals surface area contributed by atoms with Crippen LogP contribution in [0.15, 0.2) is 91.1 Å². The molecule has 0 aliphatic carbocycles. The first kappa shape index (κ1) is 35.5. The van der Waals surface area contributed by atoms with E-state index in [9.17, 15) is 9.59 Å². The average molecular weight is 691 g/mol. The Morgan fingerprint density at radius 2 is 1.32 bits per heavy atom. The molecule has 1 aliphatic rings. The SMILES string of the molecule is Cc1cnc(NCCC[C@H]2CN(C(=O)[C@H](N)Cc3ccc4ccccc4c3)C(CC(C)C)CN2C(=O)C(N)Cc2ccc3ccccc3c2)s1. The van der Waals surface area contributed by atoms with Crippen molar-refractivity contribution in [3.05, 3.63) is 107 Å². The number of rotatable bonds is 13. The molecule has 9 heteroatoms. The maximum absolute atomic E-state index is 14.3. The van der Waals surface area contributed by atoms with Gasteiger partial charge in [0.1, 0.15) is 0 Å². The van der Waals surface area contributed by atoms with Crippen molar-refractivity contribution < 1.29 is 9.59 Å². The molecule has 2 heterocycles. The van der Waals surface area contributed by atoms with E-state index >= 15 is 0 Å². The fourth-order valence-corrected chi connectivity index (χ4v) is 7.98. The third-order valence-corrected chi connectivity index (χ3v) is 10.7. The van der Waals surface area contributed by atoms with Crippen molar-refractivity contribution in [1.82, 2.24) is 14.8 Å². The summed E-state index contributed by atoms with van der Waals surface area (Å²) in [6.07, 6.45) is 5.08. The van der Waals surface area contributed by atoms with Crippen LogP contribution >= 0.6 is 11.3 Å². The number of anilines is 1. The number of piperazine rings is 1. The molecule has 0 bridgehead atoms. The quantitative estimate of drug-likeness (QED) is 0.121. The number of carbonyl (C=O) groups excluding carboxylic acids is 2. The zero-order chi connectivity index (χ0) is 35.2. The number of hydrogen-bond acceptors (Lipinski definition) is 7. The lowest BCUT2D eigenvalue weighted by atomic mass is 9.93. The molecule has 1 saturated heterocycles. The van der Waals surface area contributed by atoms with Crippen molar-refractivity contribution in [3.8, 4) is 0 Å². The van der Waals surface area contributed by atoms with Gasteiger partial charge in [-0.3, -0.25) is 9.59 Å². The summed E-state index contributed by atoms with van der Waals surface area (Å²) in [7, 11) is 0. The third-order valence-electron chi connectivity index (χ3n) is 9.79. The second-order valence-electron chi connectivity index (χ2n) is 14.2. The number of benzene rings is 4. The van der Waals surface area contributed by atoms with E-state index in [0.717, 1.165) is 68.5 Å². The molecule has 0 saturated carbocycles. The van der Waals surface area contributed by atoms with Gasteiger partial charge in [-0.15, -0.1) is 11.3 Å². The van der Waals surface area contributed by atoms with Crippen LogP contribution in [-0.4, -0.2) is 70.4 Å². The second kappa shape index (κ2) is 16.1. The molecule has 0 radical (unpaired) electrons. The molecule has 1 aliphatic heterocycles. The van der Waals surface area contributed by atoms with E-state index in [1.54, 1.807) is 11.3 Å². The van der Waals surface area contributed by atoms with Crippen LogP contribution in [0, 0.1) is 12.8 Å². The van der Waals surface area contributed by atoms with Crippen LogP contribution < -0.4 is 16.8 Å². The van der Waals surface area contributed by atoms with Crippen LogP contribution in [0.3, 0.4) is 0 Å². The molecule has 5 N–H and O–H groups in total. The number of carbonyl (C=O) groups is 2. The molecule has 1 aromatic heterocycles. The molecule has 50 heavy (non-hydrogen) atoms. The van der Waals surface area contributed by atoms with Gasteiger partial charge in [-0.2, -0.15) is 0 Å². The molecule has 2 amide bonds. The van der Waals surface area contributed by atoms with Crippen molar-refractivity contribution in [2.24, 2.45) is 17.4 Å². The van der Waals surface area contributed by atoms with Gasteiger partial charge in [0.25, 0.3) is 0 Å². The van der Waals surface area contributed by atoms with E-state index in [4.69, 9.17) is 11.5 Å². The van der Waals surface area contributed by atoms with Gasteiger partial charge < -0.3 is 26.6 Å². The highest BCUT2D eigenvalue weighted by molar-refractivity contribution is 7.15. The Morgan fingerprint density at radius 1 is 0.800 bits per heavy atom. The van der Waals surface area contributed by atoms with E-state index in [1.165, 1.54) is 0 Å². The number of aryl methyl sites for hydroxylation is 1. The molecular weight excluding hydrogens is 641 g/mol. The second-order valence-corrected chi connectivity index (χ2v) is 15.5. The summed E-state index contributed by atoms with van der Waals surface area (Å²) in [6.45, 7) is 7.96. The Labute approximate surface area is 299 Å². The Balaban J connectivity index is 1.20. The standard InChI is InChI=1S/C41H50N6O2S/c1-27(2)19-36-26-46(39(48)37(42)22-29-14-16-31-9-4-6-11-33(31)20-29)35(13-8-18-44-41-45-24-28(3)50-41)25-47(36)40(49)38(43)23-30-15-17-32-10-5-7-12-34(32)21-30/h4-7,9-12,14-17,20-21,24,27,35-38H,8,13,18-19,22-23,25-26,42-43H2,1-3H3,(H,44,45)/t35-,36?,37?,38+/m0/s1. The fourth-order valence-electron chi connectivity index (χ4n) is 7.29. The van der Waals surface area contributed by atoms with Crippen LogP contribution in [0.5, 0.6) is 0 Å². The lowest BCUT2D eigenvalue weighted by Crippen LogP contribution is -2.65. The van der Waals surface area contributed by atoms with Gasteiger partial charge in [0.15, 0.2) is 5.13 Å². The molecular formula is C41H50N6O2S. The predicted molar refractivity (Wildman–Crippen MR) is 206 cm³/mol. The smallest absolute Gasteiger partial charge is 0.240 e. The van der Waals surface area contributed by atoms with Crippen molar-refractivity contribution in [2.75, 3.05) is 25.0 Å². The number of nitrogens with one attached hydrogen (secondary N) is 1. The molecule has 262 valence electrons. The summed E-state index contributed by atoms with van der Waals surface area (Å²) >= 11 is 1.63. The number of thiazole rings is 1. The van der Waals surface area contributed by atoms with Gasteiger partial charge in [-0.1, -0.05) is 98.8 Å². The normalized spacial score (nSPS) is 17.7. The molecule has 0 spiro atoms. The summed E-state index contributed by atoms with van der Waals surface area (Å²) in [5.41, 5.74) is 15.5. The zero-order valence-electron chi connectivity index (χ0n) is 29.4. The monoisotopic (exact) mass is 690 g/mol. The summed E-state index contributed by atoms with van der Waals surface area (Å²) in [4.78, 5) is 38.0. The van der Waals surface area contributed by atoms with Crippen LogP contribution in [-0.2, 0) is 22.4 Å². The maximum atomic E-state index is 14.3. The number of aromatic nitrogens is 1. The lowest BCUT2D eigenvalue weighted by Gasteiger charge is -2.48. The first-order chi connectivity index (χ1) is 24.1. The number of nitrogens with zero attached hydrogens (tertiary/aromatic N) is 3. The van der Waals surface area contributed by atoms with Crippen LogP contribution in [0.2, 0.25) is 0 Å². The zero-order valence-corrected chi connectivity index (χ0v) is 30.2. The van der Waals surface area contributed by atoms with Gasteiger partial charge in [-0.25, -0.2) is 4.98 Å². The Hall–Kier alpha value is -4.31. The van der Waals surface area contributed by atoms with Gasteiger partial charge in [0, 0.05) is 42.8 Å². The van der Waals surface area contributed by atoms with E-state index in [0.29, 0.717) is 31.8 Å². The van der Waals surface area contributed by atoms with Gasteiger partial charge >= 0.3 is 0 Å². The Kier molecular flexibility index (Phi) is 11.5. The van der Waals surface area contributed by atoms with Crippen LogP contribution in [0.4, 0.5) is 5.13 Å². The van der Waals surface area contributed by atoms with Crippen LogP contribution in [0.25, 0.3) is 21.5 Å². The number of fused-ring (bicyclic) bond motifs is 2. The molecule has 4 aromatic carbocycles. The molecule has 8 nitrogen and oxygen atoms in total. The fraction of sp³-hybridized carbons (Fsp3) is 0.390. The van der Waals surface area contributed by atoms with Crippen molar-refractivity contribution in [2.45, 2.75) is 77.0 Å². The van der Waals surface area contributed by atoms with Gasteiger partial charge in [0.2, 0.25) is 11.8 Å². The minimum Gasteiger partial charge on any atom is -0.362 e. The molecule has 1 fully saturated rings. The molecule has 5 aromatic rings. The molecule has 6 rings (SSSR count). The van der Waals surface area contributed by atoms with E-state index in [2.05, 4.69) is 84.8 Å². The highest BCUT2D eigenvalue weighted by Crippen LogP contribution is 2.27. The highest BCUT2D eigenvalue weighted by atomic mass is 32.1. The van der Waals surface area contributed by atoms with E-state index in [1.807, 2.05) is 47.2 Å². The average Bonchev–Trinajstić information content (AvgIpc) is 3.53. The highest BCUT2D eigenvalue weighted by Gasteiger charge is 2.40. The minimum absolute atomic E-state index is 0.0576. The van der Waals surface area contributed by atoms with Gasteiger partial charge in [0.05, 0.1) is 12.1 Å². The van der Waals surface area contributed by atoms with E-state index in [-0.39, 0.29) is 23.9 Å². The van der Waals surface area contributed by atoms with Crippen molar-refractivity contribution >= 4 is 49.8 Å². The number of amides is 2. The Bertz CT molecular complexity index is 1920. The third kappa shape index (κ3) is 8.70. The van der Waals surface area contributed by atoms with Crippen LogP contribution in [0.1, 0.15) is 49.1 Å². The summed E-state index contributed by atoms with van der Waals surface area (Å²) in [6, 6.07) is 27.3. The largest absolute Gasteiger partial charge is 0.362 e. The molecule has 4 atom stereocenters. The Morgan fingerprint density at radius 3 is 1.84 bits per heavy atom. The lowest BCUT2D eigenvalue weighted by molar-refractivity contribution is -0.149. The topological polar surface area (TPSA) is 118 Å². The summed E-state index contributed by atoms with van der Waals surface area (Å²) in [5, 5.41) is 8.91. The first-order valence-corrected chi connectivity index (χ1v) is 18.7. The first-order valence-electron chi connectivity index (χ1n) is 17.9. The summed E-state index contributed by atoms with van der Waals surface area (Å²) in [5.74, 6) is 0.212. The summed E-state index contributed by atoms with van der Waals surface area (Å²) < 4.78 is 0. The van der Waals surface area contributed by atoms with Crippen molar-refractivity contribution in [3.63, 3.8) is 0 Å². The predicted octanol–water partition coefficient (Wildman–Crippen LogP) is 6.54. The van der Waals surface area contributed by atoms with Gasteiger partial charge in [-0.05, 0) is 77.6 Å².